The van der Waals surface area contributed by atoms with Crippen LogP contribution in [-0.2, 0) is 4.79 Å². The molecule has 134 valence electrons. The molecule has 1 saturated heterocycles. The van der Waals surface area contributed by atoms with Crippen molar-refractivity contribution in [1.82, 2.24) is 14.9 Å². The second-order valence-corrected chi connectivity index (χ2v) is 8.03. The van der Waals surface area contributed by atoms with Crippen LogP contribution in [0.4, 0.5) is 4.39 Å². The zero-order valence-corrected chi connectivity index (χ0v) is 15.2. The molecule has 2 heterocycles. The lowest BCUT2D eigenvalue weighted by Gasteiger charge is -2.36. The Kier molecular flexibility index (Phi) is 4.93. The molecule has 1 N–H and O–H groups in total. The number of carbonyl (C=O) groups is 1. The highest BCUT2D eigenvalue weighted by molar-refractivity contribution is 5.77. The molecule has 3 rings (SSSR count). The first-order valence-corrected chi connectivity index (χ1v) is 8.94. The van der Waals surface area contributed by atoms with Gasteiger partial charge in [-0.05, 0) is 36.8 Å². The second-order valence-electron chi connectivity index (χ2n) is 8.03. The Balaban J connectivity index is 1.82. The summed E-state index contributed by atoms with van der Waals surface area (Å²) in [5.41, 5.74) is 1.51. The quantitative estimate of drug-likeness (QED) is 0.878. The lowest BCUT2D eigenvalue weighted by molar-refractivity contribution is -0.137. The Morgan fingerprint density at radius 1 is 1.36 bits per heavy atom. The first kappa shape index (κ1) is 17.6. The highest BCUT2D eigenvalue weighted by Crippen LogP contribution is 2.33. The molecule has 1 atom stereocenters. The van der Waals surface area contributed by atoms with Crippen molar-refractivity contribution in [1.29, 1.82) is 0 Å². The van der Waals surface area contributed by atoms with Gasteiger partial charge in [0.25, 0.3) is 0 Å². The van der Waals surface area contributed by atoms with Crippen molar-refractivity contribution in [3.8, 4) is 11.3 Å². The van der Waals surface area contributed by atoms with Gasteiger partial charge in [-0.1, -0.05) is 32.9 Å². The largest absolute Gasteiger partial charge is 0.340 e. The number of H-pyrrole nitrogens is 1. The third-order valence-electron chi connectivity index (χ3n) is 4.55. The fraction of sp³-hybridized carbons (Fsp3) is 0.500. The number of amides is 1. The van der Waals surface area contributed by atoms with Gasteiger partial charge in [0.15, 0.2) is 0 Å². The second kappa shape index (κ2) is 6.98. The highest BCUT2D eigenvalue weighted by atomic mass is 19.1. The number of carbonyl (C=O) groups excluding carboxylic acids is 1. The summed E-state index contributed by atoms with van der Waals surface area (Å²) in [7, 11) is 0. The number of halogens is 1. The zero-order chi connectivity index (χ0) is 18.0. The van der Waals surface area contributed by atoms with E-state index in [9.17, 15) is 9.18 Å². The zero-order valence-electron chi connectivity index (χ0n) is 15.2. The Morgan fingerprint density at radius 3 is 2.88 bits per heavy atom. The number of piperidine rings is 1. The molecule has 0 unspecified atom stereocenters. The van der Waals surface area contributed by atoms with Crippen LogP contribution in [0.3, 0.4) is 0 Å². The molecular weight excluding hydrogens is 317 g/mol. The molecule has 0 spiro atoms. The summed E-state index contributed by atoms with van der Waals surface area (Å²) in [5.74, 6) is 0.704. The van der Waals surface area contributed by atoms with Crippen molar-refractivity contribution in [3.05, 3.63) is 42.1 Å². The number of aromatic nitrogens is 2. The summed E-state index contributed by atoms with van der Waals surface area (Å²) in [6.45, 7) is 7.02. The molecule has 1 fully saturated rings. The molecule has 0 saturated carbocycles. The number of nitrogens with zero attached hydrogens (tertiary/aromatic N) is 2. The van der Waals surface area contributed by atoms with Crippen LogP contribution in [0.25, 0.3) is 11.3 Å². The summed E-state index contributed by atoms with van der Waals surface area (Å²) in [6, 6.07) is 6.43. The number of aromatic amines is 1. The SMILES string of the molecule is CC(C)(C)CC(=O)N1CCCC[C@@H]1c1ncc(-c2cccc(F)c2)[nH]1. The van der Waals surface area contributed by atoms with E-state index in [1.54, 1.807) is 12.3 Å². The number of likely N-dealkylation sites (tertiary alicyclic amines) is 1. The normalized spacial score (nSPS) is 18.4. The van der Waals surface area contributed by atoms with Gasteiger partial charge in [0.2, 0.25) is 5.91 Å². The van der Waals surface area contributed by atoms with E-state index in [2.05, 4.69) is 30.7 Å². The predicted octanol–water partition coefficient (Wildman–Crippen LogP) is 4.71. The van der Waals surface area contributed by atoms with Gasteiger partial charge in [-0.2, -0.15) is 0 Å². The first-order chi connectivity index (χ1) is 11.8. The minimum atomic E-state index is -0.270. The van der Waals surface area contributed by atoms with Crippen molar-refractivity contribution >= 4 is 5.91 Å². The molecule has 2 aromatic rings. The third-order valence-corrected chi connectivity index (χ3v) is 4.55. The number of hydrogen-bond donors (Lipinski definition) is 1. The molecule has 0 radical (unpaired) electrons. The van der Waals surface area contributed by atoms with E-state index in [1.165, 1.54) is 12.1 Å². The van der Waals surface area contributed by atoms with E-state index in [1.807, 2.05) is 11.0 Å². The summed E-state index contributed by atoms with van der Waals surface area (Å²) in [6.07, 6.45) is 5.28. The Bertz CT molecular complexity index is 747. The van der Waals surface area contributed by atoms with Gasteiger partial charge in [-0.15, -0.1) is 0 Å². The number of rotatable bonds is 3. The lowest BCUT2D eigenvalue weighted by atomic mass is 9.90. The first-order valence-electron chi connectivity index (χ1n) is 8.94. The fourth-order valence-electron chi connectivity index (χ4n) is 3.38. The van der Waals surface area contributed by atoms with Gasteiger partial charge in [0.1, 0.15) is 11.6 Å². The van der Waals surface area contributed by atoms with Gasteiger partial charge in [0, 0.05) is 18.5 Å². The summed E-state index contributed by atoms with van der Waals surface area (Å²) in [5, 5.41) is 0. The number of nitrogens with one attached hydrogen (secondary N) is 1. The molecule has 0 aliphatic carbocycles. The topological polar surface area (TPSA) is 49.0 Å². The average molecular weight is 343 g/mol. The number of benzene rings is 1. The monoisotopic (exact) mass is 343 g/mol. The summed E-state index contributed by atoms with van der Waals surface area (Å²) in [4.78, 5) is 22.5. The van der Waals surface area contributed by atoms with Crippen LogP contribution >= 0.6 is 0 Å². The van der Waals surface area contributed by atoms with Crippen molar-refractivity contribution in [2.24, 2.45) is 5.41 Å². The van der Waals surface area contributed by atoms with Gasteiger partial charge < -0.3 is 9.88 Å². The van der Waals surface area contributed by atoms with Crippen LogP contribution in [0, 0.1) is 11.2 Å². The maximum absolute atomic E-state index is 13.5. The number of imidazole rings is 1. The minimum Gasteiger partial charge on any atom is -0.340 e. The van der Waals surface area contributed by atoms with Crippen LogP contribution in [0.5, 0.6) is 0 Å². The number of hydrogen-bond acceptors (Lipinski definition) is 2. The van der Waals surface area contributed by atoms with Crippen LogP contribution in [0.15, 0.2) is 30.5 Å². The van der Waals surface area contributed by atoms with Gasteiger partial charge >= 0.3 is 0 Å². The van der Waals surface area contributed by atoms with Crippen LogP contribution in [0.2, 0.25) is 0 Å². The van der Waals surface area contributed by atoms with Crippen molar-refractivity contribution in [2.45, 2.75) is 52.5 Å². The molecule has 1 aliphatic rings. The summed E-state index contributed by atoms with van der Waals surface area (Å²) >= 11 is 0. The van der Waals surface area contributed by atoms with Gasteiger partial charge in [-0.25, -0.2) is 9.37 Å². The van der Waals surface area contributed by atoms with E-state index in [-0.39, 0.29) is 23.2 Å². The van der Waals surface area contributed by atoms with E-state index >= 15 is 0 Å². The predicted molar refractivity (Wildman–Crippen MR) is 96.4 cm³/mol. The van der Waals surface area contributed by atoms with E-state index in [0.717, 1.165) is 42.9 Å². The molecular formula is C20H26FN3O. The van der Waals surface area contributed by atoms with Crippen LogP contribution < -0.4 is 0 Å². The Morgan fingerprint density at radius 2 is 2.16 bits per heavy atom. The lowest BCUT2D eigenvalue weighted by Crippen LogP contribution is -2.40. The van der Waals surface area contributed by atoms with Crippen LogP contribution in [-0.4, -0.2) is 27.3 Å². The minimum absolute atomic E-state index is 0.0223. The average Bonchev–Trinajstić information content (AvgIpc) is 3.03. The Labute approximate surface area is 148 Å². The van der Waals surface area contributed by atoms with E-state index < -0.39 is 0 Å². The smallest absolute Gasteiger partial charge is 0.223 e. The molecule has 5 heteroatoms. The van der Waals surface area contributed by atoms with E-state index in [0.29, 0.717) is 6.42 Å². The van der Waals surface area contributed by atoms with E-state index in [4.69, 9.17) is 0 Å². The van der Waals surface area contributed by atoms with Gasteiger partial charge in [0.05, 0.1) is 17.9 Å². The molecule has 25 heavy (non-hydrogen) atoms. The maximum Gasteiger partial charge on any atom is 0.223 e. The van der Waals surface area contributed by atoms with Crippen molar-refractivity contribution in [3.63, 3.8) is 0 Å². The molecule has 1 aromatic heterocycles. The van der Waals surface area contributed by atoms with Gasteiger partial charge in [-0.3, -0.25) is 4.79 Å². The molecule has 1 aliphatic heterocycles. The molecule has 1 amide bonds. The third kappa shape index (κ3) is 4.27. The van der Waals surface area contributed by atoms with Crippen molar-refractivity contribution in [2.75, 3.05) is 6.54 Å². The van der Waals surface area contributed by atoms with Crippen LogP contribution in [0.1, 0.15) is 58.3 Å². The Hall–Kier alpha value is -2.17. The summed E-state index contributed by atoms with van der Waals surface area (Å²) < 4.78 is 13.5. The highest BCUT2D eigenvalue weighted by Gasteiger charge is 2.31. The molecule has 4 nitrogen and oxygen atoms in total. The van der Waals surface area contributed by atoms with Crippen molar-refractivity contribution < 1.29 is 9.18 Å². The maximum atomic E-state index is 13.5. The standard InChI is InChI=1S/C20H26FN3O/c1-20(2,3)12-18(25)24-10-5-4-9-17(24)19-22-13-16(23-19)14-7-6-8-15(21)11-14/h6-8,11,13,17H,4-5,9-10,12H2,1-3H3,(H,22,23)/t17-/m1/s1. The fourth-order valence-corrected chi connectivity index (χ4v) is 3.38. The molecule has 1 aromatic carbocycles. The molecule has 0 bridgehead atoms.